The Morgan fingerprint density at radius 3 is 2.18 bits per heavy atom. The minimum atomic E-state index is -5.81. The highest BCUT2D eigenvalue weighted by Gasteiger charge is 2.47. The van der Waals surface area contributed by atoms with Gasteiger partial charge < -0.3 is 10.0 Å². The summed E-state index contributed by atoms with van der Waals surface area (Å²) in [7, 11) is -4.45. The third kappa shape index (κ3) is 3.96. The molecule has 0 spiro atoms. The van der Waals surface area contributed by atoms with Gasteiger partial charge in [0.25, 0.3) is 5.91 Å². The molecule has 2 N–H and O–H groups in total. The second-order valence-electron chi connectivity index (χ2n) is 7.27. The van der Waals surface area contributed by atoms with Crippen molar-refractivity contribution in [2.24, 2.45) is 5.10 Å². The highest BCUT2D eigenvalue weighted by molar-refractivity contribution is 7.93. The van der Waals surface area contributed by atoms with Crippen molar-refractivity contribution in [1.82, 2.24) is 5.01 Å². The maximum atomic E-state index is 13.0. The number of hydrazone groups is 1. The third-order valence-electron chi connectivity index (χ3n) is 5.30. The largest absolute Gasteiger partial charge is 0.516 e. The predicted octanol–water partition coefficient (Wildman–Crippen LogP) is 2.79. The second kappa shape index (κ2) is 8.21. The van der Waals surface area contributed by atoms with E-state index in [1.807, 2.05) is 0 Å². The molecule has 0 fully saturated rings. The van der Waals surface area contributed by atoms with Gasteiger partial charge in [-0.3, -0.25) is 14.3 Å². The van der Waals surface area contributed by atoms with Gasteiger partial charge in [-0.25, -0.2) is 5.01 Å². The molecular formula is C20H21F3N4O5S. The lowest BCUT2D eigenvalue weighted by molar-refractivity contribution is -0.125. The Balaban J connectivity index is 2.19. The number of aliphatic hydroxyl groups is 1. The summed E-state index contributed by atoms with van der Waals surface area (Å²) >= 11 is 0. The molecule has 0 aromatic heterocycles. The number of likely N-dealkylation sites (N-methyl/N-ethyl adjacent to an activating group) is 1. The van der Waals surface area contributed by atoms with Gasteiger partial charge in [0, 0.05) is 31.4 Å². The molecule has 178 valence electrons. The number of ketones is 1. The standard InChI is InChI=1S/C20H21F3N4O5S/c1-5-27(6-2)11-7-8-12(13(9-11)25-33(31,32)20(21,22)23)15-17(28)16(18(15)29)14-10(3)24-26(4)19(14)30/h7-9,25,28H,5-6H2,1-4H3. The van der Waals surface area contributed by atoms with Gasteiger partial charge in [-0.05, 0) is 39.0 Å². The van der Waals surface area contributed by atoms with E-state index in [9.17, 15) is 36.3 Å². The third-order valence-corrected chi connectivity index (χ3v) is 6.40. The van der Waals surface area contributed by atoms with E-state index in [-0.39, 0.29) is 22.4 Å². The zero-order valence-electron chi connectivity index (χ0n) is 18.1. The molecule has 9 nitrogen and oxygen atoms in total. The Bertz CT molecular complexity index is 1240. The molecule has 0 atom stereocenters. The number of amides is 1. The van der Waals surface area contributed by atoms with Crippen LogP contribution in [0, 0.1) is 0 Å². The van der Waals surface area contributed by atoms with Gasteiger partial charge >= 0.3 is 15.5 Å². The van der Waals surface area contributed by atoms with Gasteiger partial charge in [-0.2, -0.15) is 26.7 Å². The molecule has 1 aliphatic carbocycles. The molecule has 1 heterocycles. The molecular weight excluding hydrogens is 465 g/mol. The molecule has 1 aromatic carbocycles. The number of hydrogen-bond donors (Lipinski definition) is 2. The van der Waals surface area contributed by atoms with E-state index in [1.54, 1.807) is 18.7 Å². The Hall–Kier alpha value is -3.35. The minimum Gasteiger partial charge on any atom is -0.506 e. The number of halogens is 3. The number of aliphatic hydroxyl groups excluding tert-OH is 1. The number of allylic oxidation sites excluding steroid dienone is 2. The van der Waals surface area contributed by atoms with Crippen molar-refractivity contribution in [3.63, 3.8) is 0 Å². The van der Waals surface area contributed by atoms with Gasteiger partial charge in [0.2, 0.25) is 5.78 Å². The summed E-state index contributed by atoms with van der Waals surface area (Å²) in [4.78, 5) is 26.9. The monoisotopic (exact) mass is 486 g/mol. The van der Waals surface area contributed by atoms with Gasteiger partial charge in [-0.1, -0.05) is 0 Å². The number of benzene rings is 1. The number of alkyl halides is 3. The van der Waals surface area contributed by atoms with Gasteiger partial charge in [0.05, 0.1) is 28.1 Å². The van der Waals surface area contributed by atoms with Crippen LogP contribution in [0.5, 0.6) is 0 Å². The molecule has 1 aliphatic heterocycles. The van der Waals surface area contributed by atoms with Crippen molar-refractivity contribution < 1.29 is 36.3 Å². The van der Waals surface area contributed by atoms with Crippen LogP contribution in [0.2, 0.25) is 0 Å². The summed E-state index contributed by atoms with van der Waals surface area (Å²) in [5, 5.41) is 15.5. The number of carbonyl (C=O) groups excluding carboxylic acids is 2. The normalized spacial score (nSPS) is 19.1. The number of nitrogens with one attached hydrogen (secondary N) is 1. The lowest BCUT2D eigenvalue weighted by Gasteiger charge is -2.27. The molecule has 0 saturated heterocycles. The average molecular weight is 486 g/mol. The van der Waals surface area contributed by atoms with Crippen molar-refractivity contribution in [2.45, 2.75) is 26.3 Å². The average Bonchev–Trinajstić information content (AvgIpc) is 2.96. The van der Waals surface area contributed by atoms with Crippen molar-refractivity contribution in [3.8, 4) is 0 Å². The maximum absolute atomic E-state index is 13.0. The summed E-state index contributed by atoms with van der Waals surface area (Å²) in [5.74, 6) is -2.07. The predicted molar refractivity (Wildman–Crippen MR) is 116 cm³/mol. The number of sulfonamides is 1. The molecule has 0 bridgehead atoms. The van der Waals surface area contributed by atoms with Crippen LogP contribution < -0.4 is 9.62 Å². The van der Waals surface area contributed by atoms with E-state index in [2.05, 4.69) is 5.10 Å². The lowest BCUT2D eigenvalue weighted by atomic mass is 9.79. The van der Waals surface area contributed by atoms with E-state index in [0.717, 1.165) is 11.1 Å². The van der Waals surface area contributed by atoms with Gasteiger partial charge in [0.1, 0.15) is 5.76 Å². The van der Waals surface area contributed by atoms with E-state index >= 15 is 0 Å². The molecule has 1 amide bonds. The lowest BCUT2D eigenvalue weighted by Crippen LogP contribution is -2.32. The summed E-state index contributed by atoms with van der Waals surface area (Å²) < 4.78 is 64.2. The van der Waals surface area contributed by atoms with Crippen LogP contribution in [-0.4, -0.2) is 61.6 Å². The topological polar surface area (TPSA) is 119 Å². The van der Waals surface area contributed by atoms with Crippen LogP contribution >= 0.6 is 0 Å². The SMILES string of the molecule is CCN(CC)c1ccc(C2=C(O)C(=C3C(=O)N(C)N=C3C)C2=O)c(NS(=O)(=O)C(F)(F)F)c1. The van der Waals surface area contributed by atoms with E-state index in [0.29, 0.717) is 18.8 Å². The number of rotatable bonds is 6. The molecule has 1 aromatic rings. The first-order chi connectivity index (χ1) is 15.2. The summed E-state index contributed by atoms with van der Waals surface area (Å²) in [5.41, 5.74) is -6.64. The molecule has 33 heavy (non-hydrogen) atoms. The van der Waals surface area contributed by atoms with Gasteiger partial charge in [-0.15, -0.1) is 0 Å². The molecule has 0 radical (unpaired) electrons. The fourth-order valence-corrected chi connectivity index (χ4v) is 4.21. The van der Waals surface area contributed by atoms with Crippen LogP contribution in [-0.2, 0) is 19.6 Å². The van der Waals surface area contributed by atoms with E-state index in [4.69, 9.17) is 0 Å². The highest BCUT2D eigenvalue weighted by Crippen LogP contribution is 2.43. The quantitative estimate of drug-likeness (QED) is 0.597. The number of carbonyl (C=O) groups is 2. The molecule has 13 heteroatoms. The Labute approximate surface area is 187 Å². The van der Waals surface area contributed by atoms with E-state index in [1.165, 1.54) is 30.8 Å². The fourth-order valence-electron chi connectivity index (χ4n) is 3.63. The van der Waals surface area contributed by atoms with Crippen LogP contribution in [0.15, 0.2) is 40.2 Å². The first-order valence-electron chi connectivity index (χ1n) is 9.79. The summed E-state index contributed by atoms with van der Waals surface area (Å²) in [6.45, 7) is 6.04. The van der Waals surface area contributed by atoms with Crippen molar-refractivity contribution >= 4 is 44.4 Å². The highest BCUT2D eigenvalue weighted by atomic mass is 32.2. The molecule has 0 saturated carbocycles. The zero-order valence-corrected chi connectivity index (χ0v) is 18.9. The smallest absolute Gasteiger partial charge is 0.506 e. The Morgan fingerprint density at radius 2 is 1.73 bits per heavy atom. The summed E-state index contributed by atoms with van der Waals surface area (Å²) in [6.07, 6.45) is 0. The molecule has 0 unspecified atom stereocenters. The van der Waals surface area contributed by atoms with Crippen molar-refractivity contribution in [1.29, 1.82) is 0 Å². The first-order valence-corrected chi connectivity index (χ1v) is 11.3. The fraction of sp³-hybridized carbons (Fsp3) is 0.350. The minimum absolute atomic E-state index is 0.124. The van der Waals surface area contributed by atoms with Gasteiger partial charge in [0.15, 0.2) is 0 Å². The number of anilines is 2. The van der Waals surface area contributed by atoms with E-state index < -0.39 is 44.2 Å². The van der Waals surface area contributed by atoms with Crippen LogP contribution in [0.4, 0.5) is 24.5 Å². The zero-order chi connectivity index (χ0) is 24.9. The van der Waals surface area contributed by atoms with Crippen LogP contribution in [0.1, 0.15) is 26.3 Å². The second-order valence-corrected chi connectivity index (χ2v) is 8.94. The van der Waals surface area contributed by atoms with Crippen LogP contribution in [0.3, 0.4) is 0 Å². The van der Waals surface area contributed by atoms with Crippen molar-refractivity contribution in [2.75, 3.05) is 29.8 Å². The Kier molecular flexibility index (Phi) is 6.04. The number of Topliss-reactive ketones (excluding diaryl/α,β-unsaturated/α-hetero) is 1. The molecule has 2 aliphatic rings. The first kappa shape index (κ1) is 24.3. The van der Waals surface area contributed by atoms with Crippen LogP contribution in [0.25, 0.3) is 5.57 Å². The summed E-state index contributed by atoms with van der Waals surface area (Å²) in [6, 6.07) is 3.90. The Morgan fingerprint density at radius 1 is 1.12 bits per heavy atom. The number of nitrogens with zero attached hydrogens (tertiary/aromatic N) is 3. The maximum Gasteiger partial charge on any atom is 0.516 e. The van der Waals surface area contributed by atoms with Crippen molar-refractivity contribution in [3.05, 3.63) is 40.7 Å². The number of hydrogen-bond acceptors (Lipinski definition) is 7. The molecule has 3 rings (SSSR count).